The molecule has 1 aliphatic heterocycles. The molecule has 2 amide bonds. The molecule has 0 bridgehead atoms. The minimum Gasteiger partial charge on any atom is -0.344 e. The van der Waals surface area contributed by atoms with Crippen molar-refractivity contribution in [3.05, 3.63) is 29.8 Å². The molecular formula is C18H23F2N3O2. The van der Waals surface area contributed by atoms with E-state index in [1.807, 2.05) is 6.92 Å². The lowest BCUT2D eigenvalue weighted by molar-refractivity contribution is -0.131. The second-order valence-electron chi connectivity index (χ2n) is 7.21. The third-order valence-corrected chi connectivity index (χ3v) is 5.30. The van der Waals surface area contributed by atoms with Crippen LogP contribution in [0.4, 0.5) is 14.5 Å². The Morgan fingerprint density at radius 1 is 1.28 bits per heavy atom. The topological polar surface area (TPSA) is 75.4 Å². The van der Waals surface area contributed by atoms with Gasteiger partial charge in [0.2, 0.25) is 11.8 Å². The van der Waals surface area contributed by atoms with Gasteiger partial charge in [-0.05, 0) is 38.3 Å². The molecule has 0 spiro atoms. The predicted octanol–water partition coefficient (Wildman–Crippen LogP) is 2.09. The molecule has 3 atom stereocenters. The molecule has 3 N–H and O–H groups in total. The van der Waals surface area contributed by atoms with Gasteiger partial charge in [0.05, 0.1) is 5.92 Å². The number of amides is 2. The summed E-state index contributed by atoms with van der Waals surface area (Å²) in [5.74, 6) is -2.68. The summed E-state index contributed by atoms with van der Waals surface area (Å²) in [6, 6.07) is 2.70. The number of para-hydroxylation sites is 1. The average Bonchev–Trinajstić information content (AvgIpc) is 2.88. The molecule has 2 fully saturated rings. The van der Waals surface area contributed by atoms with Crippen LogP contribution >= 0.6 is 0 Å². The lowest BCUT2D eigenvalue weighted by atomic mass is 9.74. The zero-order chi connectivity index (χ0) is 18.2. The molecule has 1 saturated carbocycles. The van der Waals surface area contributed by atoms with Crippen LogP contribution in [-0.2, 0) is 9.59 Å². The molecule has 1 aromatic carbocycles. The quantitative estimate of drug-likeness (QED) is 0.876. The van der Waals surface area contributed by atoms with Gasteiger partial charge < -0.3 is 16.0 Å². The highest BCUT2D eigenvalue weighted by Gasteiger charge is 2.41. The molecule has 1 aliphatic carbocycles. The Hall–Kier alpha value is -2.02. The number of nitrogens with two attached hydrogens (primary N) is 1. The van der Waals surface area contributed by atoms with Gasteiger partial charge in [0.15, 0.2) is 0 Å². The number of halogens is 2. The van der Waals surface area contributed by atoms with E-state index in [-0.39, 0.29) is 24.1 Å². The van der Waals surface area contributed by atoms with E-state index in [4.69, 9.17) is 5.73 Å². The number of hydrogen-bond acceptors (Lipinski definition) is 3. The largest absolute Gasteiger partial charge is 0.344 e. The Morgan fingerprint density at radius 2 is 1.96 bits per heavy atom. The molecule has 3 rings (SSSR count). The lowest BCUT2D eigenvalue weighted by Gasteiger charge is -2.37. The summed E-state index contributed by atoms with van der Waals surface area (Å²) < 4.78 is 27.8. The van der Waals surface area contributed by atoms with Crippen molar-refractivity contribution >= 4 is 17.5 Å². The predicted molar refractivity (Wildman–Crippen MR) is 89.8 cm³/mol. The van der Waals surface area contributed by atoms with E-state index in [9.17, 15) is 18.4 Å². The summed E-state index contributed by atoms with van der Waals surface area (Å²) in [6.07, 6.45) is 3.67. The molecule has 25 heavy (non-hydrogen) atoms. The Morgan fingerprint density at radius 3 is 2.60 bits per heavy atom. The maximum atomic E-state index is 13.9. The van der Waals surface area contributed by atoms with E-state index in [1.165, 1.54) is 6.07 Å². The van der Waals surface area contributed by atoms with Crippen LogP contribution in [0, 0.1) is 17.6 Å². The zero-order valence-electron chi connectivity index (χ0n) is 14.2. The summed E-state index contributed by atoms with van der Waals surface area (Å²) in [6.45, 7) is 2.01. The van der Waals surface area contributed by atoms with Crippen molar-refractivity contribution in [2.75, 3.05) is 11.4 Å². The molecule has 1 saturated heterocycles. The average molecular weight is 351 g/mol. The SMILES string of the molecule is CC1(N)CCCCC1C(=O)NC1CCN(c2c(F)cccc2F)C1=O. The summed E-state index contributed by atoms with van der Waals surface area (Å²) in [7, 11) is 0. The Balaban J connectivity index is 1.71. The van der Waals surface area contributed by atoms with Crippen LogP contribution in [0.25, 0.3) is 0 Å². The van der Waals surface area contributed by atoms with Crippen molar-refractivity contribution in [3.63, 3.8) is 0 Å². The zero-order valence-corrected chi connectivity index (χ0v) is 14.2. The van der Waals surface area contributed by atoms with Crippen molar-refractivity contribution in [1.82, 2.24) is 5.32 Å². The summed E-state index contributed by atoms with van der Waals surface area (Å²) in [5.41, 5.74) is 5.28. The minimum absolute atomic E-state index is 0.159. The Kier molecular flexibility index (Phi) is 4.77. The molecule has 1 aromatic rings. The molecular weight excluding hydrogens is 328 g/mol. The van der Waals surface area contributed by atoms with Crippen molar-refractivity contribution in [2.24, 2.45) is 11.7 Å². The number of nitrogens with one attached hydrogen (secondary N) is 1. The molecule has 3 unspecified atom stereocenters. The van der Waals surface area contributed by atoms with E-state index in [0.717, 1.165) is 36.3 Å². The number of hydrogen-bond donors (Lipinski definition) is 2. The van der Waals surface area contributed by atoms with Crippen molar-refractivity contribution in [1.29, 1.82) is 0 Å². The van der Waals surface area contributed by atoms with Gasteiger partial charge in [-0.15, -0.1) is 0 Å². The van der Waals surface area contributed by atoms with Gasteiger partial charge in [-0.25, -0.2) is 8.78 Å². The first kappa shape index (κ1) is 17.8. The van der Waals surface area contributed by atoms with E-state index >= 15 is 0 Å². The van der Waals surface area contributed by atoms with Crippen LogP contribution in [0.15, 0.2) is 18.2 Å². The highest BCUT2D eigenvalue weighted by molar-refractivity contribution is 6.01. The molecule has 5 nitrogen and oxygen atoms in total. The number of benzene rings is 1. The first-order valence-electron chi connectivity index (χ1n) is 8.66. The van der Waals surface area contributed by atoms with Crippen LogP contribution in [0.2, 0.25) is 0 Å². The summed E-state index contributed by atoms with van der Waals surface area (Å²) >= 11 is 0. The van der Waals surface area contributed by atoms with Gasteiger partial charge in [-0.2, -0.15) is 0 Å². The number of anilines is 1. The monoisotopic (exact) mass is 351 g/mol. The maximum Gasteiger partial charge on any atom is 0.249 e. The van der Waals surface area contributed by atoms with Gasteiger partial charge in [0, 0.05) is 12.1 Å². The fourth-order valence-electron chi connectivity index (χ4n) is 3.84. The van der Waals surface area contributed by atoms with Gasteiger partial charge in [-0.3, -0.25) is 9.59 Å². The normalized spacial score (nSPS) is 29.8. The van der Waals surface area contributed by atoms with Gasteiger partial charge in [-0.1, -0.05) is 18.9 Å². The van der Waals surface area contributed by atoms with Gasteiger partial charge >= 0.3 is 0 Å². The molecule has 136 valence electrons. The standard InChI is InChI=1S/C18H23F2N3O2/c1-18(21)9-3-2-5-11(18)16(24)22-14-8-10-23(17(14)25)15-12(19)6-4-7-13(15)20/h4,6-7,11,14H,2-3,5,8-10,21H2,1H3,(H,22,24). The highest BCUT2D eigenvalue weighted by atomic mass is 19.1. The molecule has 1 heterocycles. The second-order valence-corrected chi connectivity index (χ2v) is 7.21. The van der Waals surface area contributed by atoms with E-state index in [1.54, 1.807) is 0 Å². The fraction of sp³-hybridized carbons (Fsp3) is 0.556. The minimum atomic E-state index is -0.790. The van der Waals surface area contributed by atoms with Crippen LogP contribution in [0.5, 0.6) is 0 Å². The Labute approximate surface area is 145 Å². The van der Waals surface area contributed by atoms with Crippen molar-refractivity contribution < 1.29 is 18.4 Å². The first-order valence-corrected chi connectivity index (χ1v) is 8.66. The smallest absolute Gasteiger partial charge is 0.249 e. The first-order chi connectivity index (χ1) is 11.8. The molecule has 7 heteroatoms. The van der Waals surface area contributed by atoms with E-state index < -0.39 is 29.1 Å². The number of nitrogens with zero attached hydrogens (tertiary/aromatic N) is 1. The van der Waals surface area contributed by atoms with E-state index in [0.29, 0.717) is 12.8 Å². The fourth-order valence-corrected chi connectivity index (χ4v) is 3.84. The molecule has 2 aliphatic rings. The van der Waals surface area contributed by atoms with Crippen LogP contribution in [0.1, 0.15) is 39.0 Å². The van der Waals surface area contributed by atoms with Crippen LogP contribution in [-0.4, -0.2) is 29.9 Å². The third-order valence-electron chi connectivity index (χ3n) is 5.30. The number of carbonyl (C=O) groups excluding carboxylic acids is 2. The highest BCUT2D eigenvalue weighted by Crippen LogP contribution is 2.32. The van der Waals surface area contributed by atoms with Gasteiger partial charge in [0.1, 0.15) is 23.4 Å². The van der Waals surface area contributed by atoms with Crippen molar-refractivity contribution in [3.8, 4) is 0 Å². The Bertz CT molecular complexity index is 673. The molecule has 0 aromatic heterocycles. The third kappa shape index (κ3) is 3.38. The van der Waals surface area contributed by atoms with Crippen LogP contribution < -0.4 is 16.0 Å². The number of carbonyl (C=O) groups is 2. The van der Waals surface area contributed by atoms with Crippen LogP contribution in [0.3, 0.4) is 0 Å². The summed E-state index contributed by atoms with van der Waals surface area (Å²) in [4.78, 5) is 26.2. The van der Waals surface area contributed by atoms with Gasteiger partial charge in [0.25, 0.3) is 0 Å². The second kappa shape index (κ2) is 6.71. The van der Waals surface area contributed by atoms with E-state index in [2.05, 4.69) is 5.32 Å². The maximum absolute atomic E-state index is 13.9. The number of rotatable bonds is 3. The molecule has 0 radical (unpaired) electrons. The summed E-state index contributed by atoms with van der Waals surface area (Å²) in [5, 5.41) is 2.74. The van der Waals surface area contributed by atoms with Crippen molar-refractivity contribution in [2.45, 2.75) is 50.6 Å². The lowest BCUT2D eigenvalue weighted by Crippen LogP contribution is -2.55.